The standard InChI is InChI=1S/C4H6N2O4/c1-2(6(9)10)3(5)4(7)8/h3H,1,5H2,(H,7,8). The van der Waals surface area contributed by atoms with Crippen molar-refractivity contribution >= 4 is 5.97 Å². The van der Waals surface area contributed by atoms with Gasteiger partial charge < -0.3 is 10.8 Å². The molecule has 0 saturated carbocycles. The van der Waals surface area contributed by atoms with Crippen molar-refractivity contribution < 1.29 is 14.8 Å². The minimum atomic E-state index is -1.62. The van der Waals surface area contributed by atoms with Crippen LogP contribution in [0.25, 0.3) is 0 Å². The van der Waals surface area contributed by atoms with Gasteiger partial charge in [0.1, 0.15) is 0 Å². The molecule has 0 amide bonds. The number of carbonyl (C=O) groups is 1. The maximum atomic E-state index is 9.95. The highest BCUT2D eigenvalue weighted by Crippen LogP contribution is 1.95. The predicted molar refractivity (Wildman–Crippen MR) is 31.7 cm³/mol. The summed E-state index contributed by atoms with van der Waals surface area (Å²) < 4.78 is 0. The Balaban J connectivity index is 4.22. The van der Waals surface area contributed by atoms with E-state index < -0.39 is 22.6 Å². The van der Waals surface area contributed by atoms with E-state index in [4.69, 9.17) is 10.8 Å². The third-order valence-electron chi connectivity index (χ3n) is 0.860. The van der Waals surface area contributed by atoms with Gasteiger partial charge in [0.15, 0.2) is 6.04 Å². The Labute approximate surface area is 56.1 Å². The van der Waals surface area contributed by atoms with Crippen LogP contribution in [0.3, 0.4) is 0 Å². The lowest BCUT2D eigenvalue weighted by atomic mass is 10.2. The predicted octanol–water partition coefficient (Wildman–Crippen LogP) is -0.811. The fourth-order valence-electron chi connectivity index (χ4n) is 0.256. The fourth-order valence-corrected chi connectivity index (χ4v) is 0.256. The molecule has 0 fully saturated rings. The minimum Gasteiger partial charge on any atom is -0.480 e. The highest BCUT2D eigenvalue weighted by Gasteiger charge is 2.24. The Morgan fingerprint density at radius 1 is 1.80 bits per heavy atom. The second-order valence-electron chi connectivity index (χ2n) is 1.56. The summed E-state index contributed by atoms with van der Waals surface area (Å²) in [7, 11) is 0. The van der Waals surface area contributed by atoms with Gasteiger partial charge in [-0.15, -0.1) is 0 Å². The van der Waals surface area contributed by atoms with Gasteiger partial charge in [0.05, 0.1) is 4.92 Å². The van der Waals surface area contributed by atoms with Crippen LogP contribution in [0.4, 0.5) is 0 Å². The van der Waals surface area contributed by atoms with Gasteiger partial charge in [-0.2, -0.15) is 0 Å². The smallest absolute Gasteiger partial charge is 0.331 e. The summed E-state index contributed by atoms with van der Waals surface area (Å²) in [6.45, 7) is 2.87. The molecule has 0 bridgehead atoms. The van der Waals surface area contributed by atoms with Gasteiger partial charge in [-0.05, 0) is 6.58 Å². The van der Waals surface area contributed by atoms with Gasteiger partial charge in [-0.25, -0.2) is 4.79 Å². The average Bonchev–Trinajstić information content (AvgIpc) is 1.84. The van der Waals surface area contributed by atoms with Crippen LogP contribution in [0.15, 0.2) is 12.3 Å². The zero-order valence-corrected chi connectivity index (χ0v) is 4.98. The molecule has 0 aliphatic heterocycles. The number of aliphatic carboxylic acids is 1. The number of hydrogen-bond acceptors (Lipinski definition) is 4. The minimum absolute atomic E-state index is 0.715. The monoisotopic (exact) mass is 146 g/mol. The molecule has 0 rings (SSSR count). The molecule has 1 atom stereocenters. The third kappa shape index (κ3) is 1.82. The molecular formula is C4H6N2O4. The molecular weight excluding hydrogens is 140 g/mol. The number of rotatable bonds is 3. The summed E-state index contributed by atoms with van der Waals surface area (Å²) in [5, 5.41) is 17.9. The van der Waals surface area contributed by atoms with Crippen molar-refractivity contribution in [3.05, 3.63) is 22.4 Å². The van der Waals surface area contributed by atoms with E-state index in [0.29, 0.717) is 0 Å². The summed E-state index contributed by atoms with van der Waals surface area (Å²) in [6.07, 6.45) is 0. The Hall–Kier alpha value is -1.43. The first kappa shape index (κ1) is 8.57. The van der Waals surface area contributed by atoms with Crippen molar-refractivity contribution in [2.75, 3.05) is 0 Å². The van der Waals surface area contributed by atoms with E-state index in [1.165, 1.54) is 0 Å². The van der Waals surface area contributed by atoms with Crippen molar-refractivity contribution in [2.24, 2.45) is 5.73 Å². The molecule has 3 N–H and O–H groups in total. The molecule has 0 aliphatic carbocycles. The lowest BCUT2D eigenvalue weighted by Gasteiger charge is -1.99. The van der Waals surface area contributed by atoms with Gasteiger partial charge in [-0.3, -0.25) is 10.1 Å². The van der Waals surface area contributed by atoms with E-state index in [1.807, 2.05) is 0 Å². The molecule has 1 unspecified atom stereocenters. The van der Waals surface area contributed by atoms with Crippen molar-refractivity contribution in [1.29, 1.82) is 0 Å². The maximum Gasteiger partial charge on any atom is 0.331 e. The number of hydrogen-bond donors (Lipinski definition) is 2. The third-order valence-corrected chi connectivity index (χ3v) is 0.860. The van der Waals surface area contributed by atoms with Crippen LogP contribution in [0.5, 0.6) is 0 Å². The number of carboxylic acids is 1. The van der Waals surface area contributed by atoms with Crippen LogP contribution in [-0.2, 0) is 4.79 Å². The zero-order valence-electron chi connectivity index (χ0n) is 4.98. The summed E-state index contributed by atoms with van der Waals surface area (Å²) >= 11 is 0. The second-order valence-corrected chi connectivity index (χ2v) is 1.56. The highest BCUT2D eigenvalue weighted by molar-refractivity contribution is 5.76. The lowest BCUT2D eigenvalue weighted by molar-refractivity contribution is -0.427. The van der Waals surface area contributed by atoms with E-state index in [0.717, 1.165) is 0 Å². The summed E-state index contributed by atoms with van der Waals surface area (Å²) in [4.78, 5) is 18.8. The van der Waals surface area contributed by atoms with Gasteiger partial charge in [0.25, 0.3) is 5.70 Å². The Morgan fingerprint density at radius 2 is 2.20 bits per heavy atom. The van der Waals surface area contributed by atoms with E-state index in [9.17, 15) is 14.9 Å². The first-order valence-corrected chi connectivity index (χ1v) is 2.28. The Bertz CT molecular complexity index is 188. The molecule has 0 spiro atoms. The van der Waals surface area contributed by atoms with Crippen molar-refractivity contribution in [3.8, 4) is 0 Å². The van der Waals surface area contributed by atoms with E-state index in [-0.39, 0.29) is 0 Å². The SMILES string of the molecule is C=C(C(N)C(=O)O)[N+](=O)[O-]. The molecule has 6 heteroatoms. The molecule has 0 aliphatic rings. The van der Waals surface area contributed by atoms with Gasteiger partial charge in [0, 0.05) is 0 Å². The van der Waals surface area contributed by atoms with Crippen molar-refractivity contribution in [1.82, 2.24) is 0 Å². The maximum absolute atomic E-state index is 9.95. The molecule has 10 heavy (non-hydrogen) atoms. The quantitative estimate of drug-likeness (QED) is 0.400. The summed E-state index contributed by atoms with van der Waals surface area (Å²) in [5.41, 5.74) is 4.10. The van der Waals surface area contributed by atoms with Gasteiger partial charge in [-0.1, -0.05) is 0 Å². The first-order chi connectivity index (χ1) is 4.46. The summed E-state index contributed by atoms with van der Waals surface area (Å²) in [6, 6.07) is -1.62. The molecule has 0 heterocycles. The van der Waals surface area contributed by atoms with Crippen molar-refractivity contribution in [3.63, 3.8) is 0 Å². The molecule has 0 aromatic rings. The number of nitro groups is 1. The van der Waals surface area contributed by atoms with Crippen LogP contribution in [-0.4, -0.2) is 22.0 Å². The molecule has 0 aromatic heterocycles. The normalized spacial score (nSPS) is 12.1. The number of carboxylic acid groups (broad SMARTS) is 1. The van der Waals surface area contributed by atoms with Crippen LogP contribution < -0.4 is 5.73 Å². The molecule has 56 valence electrons. The largest absolute Gasteiger partial charge is 0.480 e. The van der Waals surface area contributed by atoms with E-state index >= 15 is 0 Å². The molecule has 0 radical (unpaired) electrons. The highest BCUT2D eigenvalue weighted by atomic mass is 16.6. The van der Waals surface area contributed by atoms with E-state index in [2.05, 4.69) is 6.58 Å². The molecule has 0 aromatic carbocycles. The Morgan fingerprint density at radius 3 is 2.30 bits per heavy atom. The van der Waals surface area contributed by atoms with Gasteiger partial charge >= 0.3 is 5.97 Å². The topological polar surface area (TPSA) is 106 Å². The fraction of sp³-hybridized carbons (Fsp3) is 0.250. The zero-order chi connectivity index (χ0) is 8.31. The second kappa shape index (κ2) is 2.92. The number of nitrogens with zero attached hydrogens (tertiary/aromatic N) is 1. The lowest BCUT2D eigenvalue weighted by Crippen LogP contribution is -2.34. The van der Waals surface area contributed by atoms with E-state index in [1.54, 1.807) is 0 Å². The summed E-state index contributed by atoms with van der Waals surface area (Å²) in [5.74, 6) is -1.46. The molecule has 6 nitrogen and oxygen atoms in total. The van der Waals surface area contributed by atoms with Crippen LogP contribution >= 0.6 is 0 Å². The average molecular weight is 146 g/mol. The van der Waals surface area contributed by atoms with Crippen LogP contribution in [0.2, 0.25) is 0 Å². The first-order valence-electron chi connectivity index (χ1n) is 2.28. The number of nitrogens with two attached hydrogens (primary N) is 1. The van der Waals surface area contributed by atoms with Crippen LogP contribution in [0, 0.1) is 10.1 Å². The van der Waals surface area contributed by atoms with Crippen molar-refractivity contribution in [2.45, 2.75) is 6.04 Å². The van der Waals surface area contributed by atoms with Crippen LogP contribution in [0.1, 0.15) is 0 Å². The van der Waals surface area contributed by atoms with Gasteiger partial charge in [0.2, 0.25) is 0 Å². The molecule has 0 saturated heterocycles. The Kier molecular flexibility index (Phi) is 2.51.